The minimum Gasteiger partial charge on any atom is -0.493 e. The van der Waals surface area contributed by atoms with Crippen molar-refractivity contribution in [1.29, 1.82) is 0 Å². The molecule has 0 fully saturated rings. The largest absolute Gasteiger partial charge is 0.493 e. The second-order valence-corrected chi connectivity index (χ2v) is 4.11. The van der Waals surface area contributed by atoms with Gasteiger partial charge in [0.25, 0.3) is 0 Å². The van der Waals surface area contributed by atoms with Crippen molar-refractivity contribution < 1.29 is 9.53 Å². The highest BCUT2D eigenvalue weighted by atomic mass is 35.5. The van der Waals surface area contributed by atoms with Gasteiger partial charge in [-0.25, -0.2) is 0 Å². The molecule has 0 N–H and O–H groups in total. The SMILES string of the molecule is O=C1C=COC(c2ccc(Cl)cc2Cl)C1. The Hall–Kier alpha value is -0.990. The summed E-state index contributed by atoms with van der Waals surface area (Å²) < 4.78 is 5.33. The number of carbonyl (C=O) groups is 1. The molecule has 78 valence electrons. The number of carbonyl (C=O) groups excluding carboxylic acids is 1. The van der Waals surface area contributed by atoms with E-state index in [0.29, 0.717) is 16.5 Å². The van der Waals surface area contributed by atoms with Gasteiger partial charge >= 0.3 is 0 Å². The van der Waals surface area contributed by atoms with Gasteiger partial charge < -0.3 is 4.74 Å². The lowest BCUT2D eigenvalue weighted by Gasteiger charge is -2.19. The van der Waals surface area contributed by atoms with E-state index in [0.717, 1.165) is 5.56 Å². The Morgan fingerprint density at radius 1 is 1.33 bits per heavy atom. The molecule has 0 amide bonds. The van der Waals surface area contributed by atoms with Gasteiger partial charge in [-0.05, 0) is 12.1 Å². The van der Waals surface area contributed by atoms with Crippen molar-refractivity contribution in [1.82, 2.24) is 0 Å². The van der Waals surface area contributed by atoms with Crippen molar-refractivity contribution >= 4 is 29.0 Å². The molecule has 0 bridgehead atoms. The third-order valence-electron chi connectivity index (χ3n) is 2.19. The van der Waals surface area contributed by atoms with Crippen molar-refractivity contribution in [2.45, 2.75) is 12.5 Å². The molecule has 2 nitrogen and oxygen atoms in total. The summed E-state index contributed by atoms with van der Waals surface area (Å²) in [6, 6.07) is 5.15. The summed E-state index contributed by atoms with van der Waals surface area (Å²) in [7, 11) is 0. The van der Waals surface area contributed by atoms with Gasteiger partial charge in [-0.3, -0.25) is 4.79 Å². The first-order valence-corrected chi connectivity index (χ1v) is 5.22. The van der Waals surface area contributed by atoms with E-state index < -0.39 is 0 Å². The second kappa shape index (κ2) is 4.25. The van der Waals surface area contributed by atoms with Gasteiger partial charge in [-0.1, -0.05) is 29.3 Å². The Bertz CT molecular complexity index is 427. The fourth-order valence-electron chi connectivity index (χ4n) is 1.45. The zero-order valence-corrected chi connectivity index (χ0v) is 9.26. The molecule has 1 aromatic rings. The van der Waals surface area contributed by atoms with Crippen molar-refractivity contribution in [3.63, 3.8) is 0 Å². The van der Waals surface area contributed by atoms with E-state index >= 15 is 0 Å². The number of hydrogen-bond acceptors (Lipinski definition) is 2. The first-order chi connectivity index (χ1) is 7.16. The maximum atomic E-state index is 11.2. The average molecular weight is 243 g/mol. The van der Waals surface area contributed by atoms with Gasteiger partial charge in [0.15, 0.2) is 5.78 Å². The van der Waals surface area contributed by atoms with Crippen LogP contribution in [-0.4, -0.2) is 5.78 Å². The summed E-state index contributed by atoms with van der Waals surface area (Å²) in [5.74, 6) is 0.0391. The predicted octanol–water partition coefficient (Wildman–Crippen LogP) is 3.54. The Morgan fingerprint density at radius 2 is 2.13 bits per heavy atom. The lowest BCUT2D eigenvalue weighted by molar-refractivity contribution is -0.118. The number of benzene rings is 1. The van der Waals surface area contributed by atoms with E-state index in [9.17, 15) is 4.79 Å². The molecule has 1 atom stereocenters. The number of rotatable bonds is 1. The van der Waals surface area contributed by atoms with Crippen molar-refractivity contribution in [2.75, 3.05) is 0 Å². The summed E-state index contributed by atoms with van der Waals surface area (Å²) in [5.41, 5.74) is 0.791. The zero-order valence-electron chi connectivity index (χ0n) is 7.74. The third-order valence-corrected chi connectivity index (χ3v) is 2.76. The topological polar surface area (TPSA) is 26.3 Å². The van der Waals surface area contributed by atoms with Crippen LogP contribution in [0.1, 0.15) is 18.1 Å². The second-order valence-electron chi connectivity index (χ2n) is 3.26. The Kier molecular flexibility index (Phi) is 2.98. The molecule has 1 aromatic carbocycles. The lowest BCUT2D eigenvalue weighted by atomic mass is 10.0. The first-order valence-electron chi connectivity index (χ1n) is 4.46. The monoisotopic (exact) mass is 242 g/mol. The molecule has 0 aromatic heterocycles. The molecule has 1 aliphatic heterocycles. The van der Waals surface area contributed by atoms with Crippen LogP contribution in [0.2, 0.25) is 10.0 Å². The number of ketones is 1. The summed E-state index contributed by atoms with van der Waals surface area (Å²) in [4.78, 5) is 11.2. The predicted molar refractivity (Wildman–Crippen MR) is 59.1 cm³/mol. The molecule has 15 heavy (non-hydrogen) atoms. The van der Waals surface area contributed by atoms with Crippen LogP contribution in [0.5, 0.6) is 0 Å². The maximum Gasteiger partial charge on any atom is 0.162 e. The Labute approximate surface area is 97.4 Å². The van der Waals surface area contributed by atoms with Crippen LogP contribution < -0.4 is 0 Å². The summed E-state index contributed by atoms with van der Waals surface area (Å²) in [6.45, 7) is 0. The van der Waals surface area contributed by atoms with Gasteiger partial charge in [-0.15, -0.1) is 0 Å². The fourth-order valence-corrected chi connectivity index (χ4v) is 1.98. The molecule has 1 heterocycles. The molecule has 1 unspecified atom stereocenters. The lowest BCUT2D eigenvalue weighted by Crippen LogP contribution is -2.11. The summed E-state index contributed by atoms with van der Waals surface area (Å²) in [6.07, 6.45) is 2.84. The van der Waals surface area contributed by atoms with Crippen LogP contribution in [0.4, 0.5) is 0 Å². The van der Waals surface area contributed by atoms with Crippen LogP contribution in [0, 0.1) is 0 Å². The minimum atomic E-state index is -0.299. The third kappa shape index (κ3) is 2.33. The van der Waals surface area contributed by atoms with Gasteiger partial charge in [-0.2, -0.15) is 0 Å². The molecular formula is C11H8Cl2O2. The van der Waals surface area contributed by atoms with E-state index in [4.69, 9.17) is 27.9 Å². The standard InChI is InChI=1S/C11H8Cl2O2/c12-7-1-2-9(10(13)5-7)11-6-8(14)3-4-15-11/h1-5,11H,6H2. The average Bonchev–Trinajstić information content (AvgIpc) is 2.17. The highest BCUT2D eigenvalue weighted by molar-refractivity contribution is 6.35. The molecule has 0 spiro atoms. The van der Waals surface area contributed by atoms with E-state index in [-0.39, 0.29) is 11.9 Å². The molecule has 0 saturated heterocycles. The smallest absolute Gasteiger partial charge is 0.162 e. The highest BCUT2D eigenvalue weighted by Gasteiger charge is 2.20. The molecule has 0 radical (unpaired) electrons. The number of hydrogen-bond donors (Lipinski definition) is 0. The van der Waals surface area contributed by atoms with Gasteiger partial charge in [0, 0.05) is 21.7 Å². The molecule has 4 heteroatoms. The molecule has 0 aliphatic carbocycles. The first kappa shape index (κ1) is 10.5. The van der Waals surface area contributed by atoms with Gasteiger partial charge in [0.1, 0.15) is 6.10 Å². The Balaban J connectivity index is 2.30. The number of halogens is 2. The summed E-state index contributed by atoms with van der Waals surface area (Å²) >= 11 is 11.8. The van der Waals surface area contributed by atoms with E-state index in [1.165, 1.54) is 12.3 Å². The quantitative estimate of drug-likeness (QED) is 0.754. The van der Waals surface area contributed by atoms with E-state index in [2.05, 4.69) is 0 Å². The van der Waals surface area contributed by atoms with Crippen LogP contribution in [0.15, 0.2) is 30.5 Å². The molecular weight excluding hydrogens is 235 g/mol. The van der Waals surface area contributed by atoms with Crippen LogP contribution in [-0.2, 0) is 9.53 Å². The maximum absolute atomic E-state index is 11.2. The van der Waals surface area contributed by atoms with Crippen molar-refractivity contribution in [3.8, 4) is 0 Å². The number of allylic oxidation sites excluding steroid dienone is 1. The van der Waals surface area contributed by atoms with Gasteiger partial charge in [0.05, 0.1) is 12.7 Å². The zero-order chi connectivity index (χ0) is 10.8. The minimum absolute atomic E-state index is 0.0391. The fraction of sp³-hybridized carbons (Fsp3) is 0.182. The van der Waals surface area contributed by atoms with Crippen LogP contribution in [0.25, 0.3) is 0 Å². The molecule has 2 rings (SSSR count). The highest BCUT2D eigenvalue weighted by Crippen LogP contribution is 2.32. The van der Waals surface area contributed by atoms with E-state index in [1.54, 1.807) is 18.2 Å². The molecule has 0 saturated carbocycles. The normalized spacial score (nSPS) is 20.1. The van der Waals surface area contributed by atoms with E-state index in [1.807, 2.05) is 0 Å². The van der Waals surface area contributed by atoms with Crippen LogP contribution in [0.3, 0.4) is 0 Å². The van der Waals surface area contributed by atoms with Gasteiger partial charge in [0.2, 0.25) is 0 Å². The Morgan fingerprint density at radius 3 is 2.80 bits per heavy atom. The van der Waals surface area contributed by atoms with Crippen molar-refractivity contribution in [3.05, 3.63) is 46.1 Å². The molecule has 1 aliphatic rings. The summed E-state index contributed by atoms with van der Waals surface area (Å²) in [5, 5.41) is 1.09. The number of ether oxygens (including phenoxy) is 1. The van der Waals surface area contributed by atoms with Crippen LogP contribution >= 0.6 is 23.2 Å². The van der Waals surface area contributed by atoms with Crippen molar-refractivity contribution in [2.24, 2.45) is 0 Å².